The molecule has 2 aliphatic heterocycles. The summed E-state index contributed by atoms with van der Waals surface area (Å²) in [7, 11) is -0.422. The van der Waals surface area contributed by atoms with Crippen molar-refractivity contribution in [3.8, 4) is 11.1 Å². The molecule has 1 N–H and O–H groups in total. The van der Waals surface area contributed by atoms with Crippen molar-refractivity contribution in [3.63, 3.8) is 0 Å². The maximum Gasteiger partial charge on any atom is 0.494 e. The summed E-state index contributed by atoms with van der Waals surface area (Å²) in [6.45, 7) is 8.12. The van der Waals surface area contributed by atoms with E-state index in [1.807, 2.05) is 70.2 Å². The molecule has 2 heterocycles. The Hall–Kier alpha value is -2.15. The molecule has 2 aromatic rings. The first kappa shape index (κ1) is 21.1. The van der Waals surface area contributed by atoms with Gasteiger partial charge in [0.05, 0.1) is 22.1 Å². The molecule has 7 heteroatoms. The second-order valence-electron chi connectivity index (χ2n) is 8.92. The van der Waals surface area contributed by atoms with Gasteiger partial charge >= 0.3 is 7.12 Å². The first-order valence-electron chi connectivity index (χ1n) is 10.2. The number of carbonyl (C=O) groups excluding carboxylic acids is 2. The minimum Gasteiger partial charge on any atom is -0.399 e. The van der Waals surface area contributed by atoms with Crippen LogP contribution in [0.4, 0.5) is 0 Å². The van der Waals surface area contributed by atoms with Crippen LogP contribution in [0.2, 0.25) is 5.02 Å². The molecule has 0 aliphatic carbocycles. The molecule has 0 saturated carbocycles. The van der Waals surface area contributed by atoms with Crippen LogP contribution in [0.25, 0.3) is 11.1 Å². The van der Waals surface area contributed by atoms with Gasteiger partial charge in [0, 0.05) is 12.0 Å². The van der Waals surface area contributed by atoms with Crippen LogP contribution in [0.15, 0.2) is 42.5 Å². The lowest BCUT2D eigenvalue weighted by Gasteiger charge is -2.32. The lowest BCUT2D eigenvalue weighted by Crippen LogP contribution is -2.41. The number of nitrogens with one attached hydrogen (secondary N) is 1. The third kappa shape index (κ3) is 3.68. The normalized spacial score (nSPS) is 22.8. The van der Waals surface area contributed by atoms with Crippen LogP contribution >= 0.6 is 11.6 Å². The van der Waals surface area contributed by atoms with Gasteiger partial charge in [0.2, 0.25) is 11.8 Å². The quantitative estimate of drug-likeness (QED) is 0.600. The maximum atomic E-state index is 12.3. The van der Waals surface area contributed by atoms with Gasteiger partial charge in [-0.15, -0.1) is 0 Å². The van der Waals surface area contributed by atoms with Crippen molar-refractivity contribution >= 4 is 36.0 Å². The number of halogens is 1. The first-order valence-corrected chi connectivity index (χ1v) is 10.5. The van der Waals surface area contributed by atoms with Gasteiger partial charge in [-0.25, -0.2) is 0 Å². The second-order valence-corrected chi connectivity index (χ2v) is 9.30. The Morgan fingerprint density at radius 3 is 2.23 bits per heavy atom. The highest BCUT2D eigenvalue weighted by atomic mass is 35.5. The van der Waals surface area contributed by atoms with Gasteiger partial charge in [-0.1, -0.05) is 54.1 Å². The molecule has 156 valence electrons. The summed E-state index contributed by atoms with van der Waals surface area (Å²) in [6.07, 6.45) is 0.786. The lowest BCUT2D eigenvalue weighted by molar-refractivity contribution is -0.134. The molecular formula is C23H25BClNO4. The highest BCUT2D eigenvalue weighted by molar-refractivity contribution is 6.62. The van der Waals surface area contributed by atoms with Gasteiger partial charge in [-0.2, -0.15) is 0 Å². The zero-order valence-corrected chi connectivity index (χ0v) is 18.4. The number of benzene rings is 2. The molecular weight excluding hydrogens is 401 g/mol. The van der Waals surface area contributed by atoms with Crippen LogP contribution in [0.1, 0.15) is 52.0 Å². The molecule has 0 radical (unpaired) electrons. The van der Waals surface area contributed by atoms with E-state index in [1.54, 1.807) is 0 Å². The smallest absolute Gasteiger partial charge is 0.399 e. The Balaban J connectivity index is 1.60. The van der Waals surface area contributed by atoms with Crippen LogP contribution in [-0.2, 0) is 18.9 Å². The molecule has 2 fully saturated rings. The summed E-state index contributed by atoms with van der Waals surface area (Å²) < 4.78 is 12.2. The molecule has 2 amide bonds. The molecule has 0 aromatic heterocycles. The predicted octanol–water partition coefficient (Wildman–Crippen LogP) is 3.83. The van der Waals surface area contributed by atoms with E-state index in [0.717, 1.165) is 22.2 Å². The monoisotopic (exact) mass is 425 g/mol. The van der Waals surface area contributed by atoms with Crippen molar-refractivity contribution in [2.45, 2.75) is 57.7 Å². The van der Waals surface area contributed by atoms with Crippen molar-refractivity contribution < 1.29 is 18.9 Å². The predicted molar refractivity (Wildman–Crippen MR) is 118 cm³/mol. The minimum absolute atomic E-state index is 0.234. The van der Waals surface area contributed by atoms with Crippen molar-refractivity contribution in [3.05, 3.63) is 53.1 Å². The van der Waals surface area contributed by atoms with Gasteiger partial charge < -0.3 is 9.31 Å². The summed E-state index contributed by atoms with van der Waals surface area (Å²) in [5.74, 6) is -0.942. The summed E-state index contributed by atoms with van der Waals surface area (Å²) in [6, 6.07) is 13.6. The molecule has 2 saturated heterocycles. The fourth-order valence-electron chi connectivity index (χ4n) is 3.83. The van der Waals surface area contributed by atoms with Crippen LogP contribution in [0, 0.1) is 0 Å². The molecule has 0 spiro atoms. The first-order chi connectivity index (χ1) is 14.1. The summed E-state index contributed by atoms with van der Waals surface area (Å²) in [5, 5.41) is 2.94. The van der Waals surface area contributed by atoms with E-state index in [0.29, 0.717) is 17.9 Å². The largest absolute Gasteiger partial charge is 0.494 e. The Morgan fingerprint density at radius 2 is 1.63 bits per heavy atom. The van der Waals surface area contributed by atoms with Crippen LogP contribution in [-0.4, -0.2) is 30.1 Å². The van der Waals surface area contributed by atoms with Gasteiger partial charge in [-0.05, 0) is 50.7 Å². The minimum atomic E-state index is -0.422. The number of carbonyl (C=O) groups is 2. The van der Waals surface area contributed by atoms with E-state index in [1.165, 1.54) is 0 Å². The Labute approximate surface area is 182 Å². The van der Waals surface area contributed by atoms with Crippen LogP contribution in [0.3, 0.4) is 0 Å². The number of rotatable bonds is 3. The van der Waals surface area contributed by atoms with Gasteiger partial charge in [0.1, 0.15) is 0 Å². The number of hydrogen-bond donors (Lipinski definition) is 1. The van der Waals surface area contributed by atoms with E-state index in [9.17, 15) is 9.59 Å². The van der Waals surface area contributed by atoms with E-state index in [-0.39, 0.29) is 11.8 Å². The molecule has 5 nitrogen and oxygen atoms in total. The number of piperidine rings is 1. The third-order valence-corrected chi connectivity index (χ3v) is 6.81. The molecule has 2 aromatic carbocycles. The standard InChI is InChI=1S/C23H25BClNO4/c1-22(2)23(3,4)30-24(29-22)15-10-8-14(9-11-15)16-6-5-7-17(20(16)25)18-12-13-19(27)26-21(18)28/h5-11,18H,12-13H2,1-4H3,(H,26,27,28). The number of amides is 2. The van der Waals surface area contributed by atoms with Gasteiger partial charge in [0.15, 0.2) is 0 Å². The van der Waals surface area contributed by atoms with Crippen LogP contribution < -0.4 is 10.8 Å². The summed E-state index contributed by atoms with van der Waals surface area (Å²) in [5.41, 5.74) is 2.68. The molecule has 0 bridgehead atoms. The van der Waals surface area contributed by atoms with Gasteiger partial charge in [-0.3, -0.25) is 14.9 Å². The van der Waals surface area contributed by atoms with Crippen LogP contribution in [0.5, 0.6) is 0 Å². The maximum absolute atomic E-state index is 12.3. The Morgan fingerprint density at radius 1 is 1.00 bits per heavy atom. The topological polar surface area (TPSA) is 64.6 Å². The van der Waals surface area contributed by atoms with E-state index in [4.69, 9.17) is 20.9 Å². The van der Waals surface area contributed by atoms with Crippen molar-refractivity contribution in [2.24, 2.45) is 0 Å². The number of hydrogen-bond acceptors (Lipinski definition) is 4. The SMILES string of the molecule is CC1(C)OB(c2ccc(-c3cccc(C4CCC(=O)NC4=O)c3Cl)cc2)OC1(C)C. The summed E-state index contributed by atoms with van der Waals surface area (Å²) >= 11 is 6.71. The highest BCUT2D eigenvalue weighted by Crippen LogP contribution is 2.38. The summed E-state index contributed by atoms with van der Waals surface area (Å²) in [4.78, 5) is 23.7. The van der Waals surface area contributed by atoms with Gasteiger partial charge in [0.25, 0.3) is 0 Å². The van der Waals surface area contributed by atoms with E-state index < -0.39 is 24.2 Å². The Kier molecular flexibility index (Phi) is 5.29. The zero-order valence-electron chi connectivity index (χ0n) is 17.6. The fraction of sp³-hybridized carbons (Fsp3) is 0.391. The Bertz CT molecular complexity index is 987. The van der Waals surface area contributed by atoms with E-state index >= 15 is 0 Å². The average Bonchev–Trinajstić information content (AvgIpc) is 2.90. The van der Waals surface area contributed by atoms with Crippen molar-refractivity contribution in [1.82, 2.24) is 5.32 Å². The van der Waals surface area contributed by atoms with Crippen molar-refractivity contribution in [1.29, 1.82) is 0 Å². The lowest BCUT2D eigenvalue weighted by atomic mass is 9.78. The molecule has 4 rings (SSSR count). The molecule has 2 aliphatic rings. The third-order valence-electron chi connectivity index (χ3n) is 6.39. The average molecular weight is 426 g/mol. The number of imide groups is 1. The molecule has 1 unspecified atom stereocenters. The molecule has 30 heavy (non-hydrogen) atoms. The highest BCUT2D eigenvalue weighted by Gasteiger charge is 2.51. The van der Waals surface area contributed by atoms with E-state index in [2.05, 4.69) is 5.32 Å². The van der Waals surface area contributed by atoms with Crippen molar-refractivity contribution in [2.75, 3.05) is 0 Å². The second kappa shape index (κ2) is 7.52. The zero-order chi connectivity index (χ0) is 21.7. The molecule has 1 atom stereocenters. The fourth-order valence-corrected chi connectivity index (χ4v) is 4.20.